The van der Waals surface area contributed by atoms with Crippen molar-refractivity contribution in [3.05, 3.63) is 46.6 Å². The molecule has 7 heteroatoms. The first-order valence-corrected chi connectivity index (χ1v) is 9.38. The number of thioether (sulfide) groups is 1. The van der Waals surface area contributed by atoms with Crippen molar-refractivity contribution in [1.82, 2.24) is 14.8 Å². The molecule has 0 fully saturated rings. The smallest absolute Gasteiger partial charge is 0.227 e. The van der Waals surface area contributed by atoms with E-state index in [4.69, 9.17) is 11.6 Å². The Morgan fingerprint density at radius 1 is 1.38 bits per heavy atom. The Hall–Kier alpha value is -1.79. The van der Waals surface area contributed by atoms with Gasteiger partial charge in [0, 0.05) is 17.1 Å². The second-order valence-corrected chi connectivity index (χ2v) is 7.53. The summed E-state index contributed by atoms with van der Waals surface area (Å²) in [4.78, 5) is 17.2. The summed E-state index contributed by atoms with van der Waals surface area (Å²) in [6, 6.07) is 7.46. The third-order valence-corrected chi connectivity index (χ3v) is 5.34. The second kappa shape index (κ2) is 6.26. The summed E-state index contributed by atoms with van der Waals surface area (Å²) in [5, 5.41) is 9.36. The summed E-state index contributed by atoms with van der Waals surface area (Å²) in [5.41, 5.74) is 1.96. The van der Waals surface area contributed by atoms with E-state index in [1.807, 2.05) is 28.9 Å². The predicted octanol–water partition coefficient (Wildman–Crippen LogP) is 3.92. The van der Waals surface area contributed by atoms with E-state index < -0.39 is 0 Å². The number of aromatic nitrogens is 3. The highest BCUT2D eigenvalue weighted by molar-refractivity contribution is 7.99. The molecule has 24 heavy (non-hydrogen) atoms. The van der Waals surface area contributed by atoms with E-state index in [-0.39, 0.29) is 17.7 Å². The molecule has 2 heterocycles. The number of ketones is 1. The van der Waals surface area contributed by atoms with Gasteiger partial charge < -0.3 is 5.32 Å². The number of Topliss-reactive ketones (excluding diaryl/α,β-unsaturated/α-hetero) is 1. The largest absolute Gasteiger partial charge is 0.328 e. The molecule has 1 aromatic heterocycles. The highest BCUT2D eigenvalue weighted by atomic mass is 35.5. The maximum atomic E-state index is 12.6. The minimum absolute atomic E-state index is 0.184. The van der Waals surface area contributed by atoms with Gasteiger partial charge in [-0.15, -0.1) is 5.10 Å². The van der Waals surface area contributed by atoms with Crippen LogP contribution >= 0.6 is 23.4 Å². The summed E-state index contributed by atoms with van der Waals surface area (Å²) in [5.74, 6) is 1.60. The second-order valence-electron chi connectivity index (χ2n) is 5.86. The Labute approximate surface area is 149 Å². The molecule has 0 saturated heterocycles. The maximum absolute atomic E-state index is 12.6. The average Bonchev–Trinajstić information content (AvgIpc) is 2.96. The number of fused-ring (bicyclic) bond motifs is 2. The zero-order chi connectivity index (χ0) is 16.7. The van der Waals surface area contributed by atoms with Crippen LogP contribution in [0.15, 0.2) is 41.2 Å². The monoisotopic (exact) mass is 360 g/mol. The van der Waals surface area contributed by atoms with Gasteiger partial charge in [-0.3, -0.25) is 4.79 Å². The first-order valence-electron chi connectivity index (χ1n) is 8.02. The number of hydrogen-bond acceptors (Lipinski definition) is 5. The molecule has 0 unspecified atom stereocenters. The van der Waals surface area contributed by atoms with Gasteiger partial charge in [-0.2, -0.15) is 4.98 Å². The summed E-state index contributed by atoms with van der Waals surface area (Å²) in [6.07, 6.45) is 3.45. The Kier molecular flexibility index (Phi) is 4.10. The lowest BCUT2D eigenvalue weighted by Gasteiger charge is -2.36. The molecule has 0 bridgehead atoms. The van der Waals surface area contributed by atoms with E-state index in [1.54, 1.807) is 11.8 Å². The van der Waals surface area contributed by atoms with E-state index in [0.717, 1.165) is 28.6 Å². The fraction of sp³-hybridized carbons (Fsp3) is 0.353. The number of halogens is 1. The Balaban J connectivity index is 1.86. The zero-order valence-corrected chi connectivity index (χ0v) is 14.8. The highest BCUT2D eigenvalue weighted by Crippen LogP contribution is 2.42. The molecule has 1 aliphatic carbocycles. The number of rotatable bonds is 3. The normalized spacial score (nSPS) is 22.4. The lowest BCUT2D eigenvalue weighted by Crippen LogP contribution is -2.38. The molecule has 0 spiro atoms. The Bertz CT molecular complexity index is 814. The molecule has 1 aliphatic heterocycles. The number of nitrogens with one attached hydrogen (secondary N) is 1. The SMILES string of the molecule is CCSc1nc2n(n1)[C@H](c1ccc(Cl)cc1)[C@H]1C(=O)CCC=C1N2. The first-order chi connectivity index (χ1) is 11.7. The van der Waals surface area contributed by atoms with Crippen LogP contribution < -0.4 is 5.32 Å². The fourth-order valence-electron chi connectivity index (χ4n) is 3.34. The molecule has 0 saturated carbocycles. The lowest BCUT2D eigenvalue weighted by atomic mass is 9.81. The molecular formula is C17H17ClN4OS. The van der Waals surface area contributed by atoms with Crippen molar-refractivity contribution in [1.29, 1.82) is 0 Å². The average molecular weight is 361 g/mol. The van der Waals surface area contributed by atoms with Crippen molar-refractivity contribution in [3.8, 4) is 0 Å². The van der Waals surface area contributed by atoms with Crippen LogP contribution in [0.4, 0.5) is 5.95 Å². The minimum Gasteiger partial charge on any atom is -0.328 e. The third kappa shape index (κ3) is 2.63. The topological polar surface area (TPSA) is 59.8 Å². The molecule has 2 atom stereocenters. The van der Waals surface area contributed by atoms with Crippen molar-refractivity contribution >= 4 is 35.1 Å². The molecule has 0 radical (unpaired) electrons. The minimum atomic E-state index is -0.242. The van der Waals surface area contributed by atoms with Gasteiger partial charge >= 0.3 is 0 Å². The molecule has 1 aromatic carbocycles. The van der Waals surface area contributed by atoms with E-state index in [2.05, 4.69) is 28.4 Å². The Morgan fingerprint density at radius 3 is 2.92 bits per heavy atom. The van der Waals surface area contributed by atoms with Crippen LogP contribution in [0.5, 0.6) is 0 Å². The van der Waals surface area contributed by atoms with Gasteiger partial charge in [0.1, 0.15) is 5.78 Å². The van der Waals surface area contributed by atoms with Gasteiger partial charge in [0.15, 0.2) is 0 Å². The summed E-state index contributed by atoms with van der Waals surface area (Å²) >= 11 is 7.63. The molecule has 2 aliphatic rings. The molecular weight excluding hydrogens is 344 g/mol. The quantitative estimate of drug-likeness (QED) is 0.840. The zero-order valence-electron chi connectivity index (χ0n) is 13.2. The number of benzene rings is 1. The van der Waals surface area contributed by atoms with Gasteiger partial charge in [0.2, 0.25) is 11.1 Å². The molecule has 2 aromatic rings. The first kappa shape index (κ1) is 15.7. The predicted molar refractivity (Wildman–Crippen MR) is 95.4 cm³/mol. The van der Waals surface area contributed by atoms with Crippen molar-refractivity contribution in [2.75, 3.05) is 11.1 Å². The van der Waals surface area contributed by atoms with Crippen molar-refractivity contribution in [3.63, 3.8) is 0 Å². The van der Waals surface area contributed by atoms with Crippen LogP contribution in [-0.4, -0.2) is 26.3 Å². The van der Waals surface area contributed by atoms with Crippen LogP contribution in [0.1, 0.15) is 31.4 Å². The van der Waals surface area contributed by atoms with Gasteiger partial charge in [0.05, 0.1) is 12.0 Å². The third-order valence-electron chi connectivity index (χ3n) is 4.37. The van der Waals surface area contributed by atoms with Crippen LogP contribution in [0.25, 0.3) is 0 Å². The van der Waals surface area contributed by atoms with Gasteiger partial charge in [-0.25, -0.2) is 4.68 Å². The fourth-order valence-corrected chi connectivity index (χ4v) is 4.02. The van der Waals surface area contributed by atoms with Crippen molar-refractivity contribution < 1.29 is 4.79 Å². The van der Waals surface area contributed by atoms with E-state index in [0.29, 0.717) is 17.4 Å². The number of carbonyl (C=O) groups excluding carboxylic acids is 1. The maximum Gasteiger partial charge on any atom is 0.227 e. The standard InChI is InChI=1S/C17H17ClN4OS/c1-2-24-17-20-16-19-12-4-3-5-13(23)14(12)15(22(16)21-17)10-6-8-11(18)9-7-10/h4,6-9,14-15H,2-3,5H2,1H3,(H,19,20,21)/t14-,15-/m1/s1. The number of allylic oxidation sites excluding steroid dienone is 2. The van der Waals surface area contributed by atoms with Crippen LogP contribution in [0.2, 0.25) is 5.02 Å². The number of carbonyl (C=O) groups is 1. The highest BCUT2D eigenvalue weighted by Gasteiger charge is 2.41. The molecule has 0 amide bonds. The molecule has 5 nitrogen and oxygen atoms in total. The van der Waals surface area contributed by atoms with Crippen LogP contribution in [0, 0.1) is 5.92 Å². The van der Waals surface area contributed by atoms with E-state index in [1.165, 1.54) is 0 Å². The van der Waals surface area contributed by atoms with Gasteiger partial charge in [0.25, 0.3) is 0 Å². The van der Waals surface area contributed by atoms with Crippen LogP contribution in [-0.2, 0) is 4.79 Å². The molecule has 124 valence electrons. The molecule has 1 N–H and O–H groups in total. The number of anilines is 1. The van der Waals surface area contributed by atoms with Crippen molar-refractivity contribution in [2.24, 2.45) is 5.92 Å². The lowest BCUT2D eigenvalue weighted by molar-refractivity contribution is -0.123. The van der Waals surface area contributed by atoms with Crippen LogP contribution in [0.3, 0.4) is 0 Å². The summed E-state index contributed by atoms with van der Waals surface area (Å²) in [6.45, 7) is 2.07. The van der Waals surface area contributed by atoms with Crippen molar-refractivity contribution in [2.45, 2.75) is 31.0 Å². The van der Waals surface area contributed by atoms with E-state index >= 15 is 0 Å². The number of nitrogens with zero attached hydrogens (tertiary/aromatic N) is 3. The molecule has 4 rings (SSSR count). The number of hydrogen-bond donors (Lipinski definition) is 1. The summed E-state index contributed by atoms with van der Waals surface area (Å²) in [7, 11) is 0. The summed E-state index contributed by atoms with van der Waals surface area (Å²) < 4.78 is 1.85. The van der Waals surface area contributed by atoms with E-state index in [9.17, 15) is 4.79 Å². The van der Waals surface area contributed by atoms with Gasteiger partial charge in [-0.05, 0) is 29.9 Å². The Morgan fingerprint density at radius 2 is 2.17 bits per heavy atom. The van der Waals surface area contributed by atoms with Gasteiger partial charge in [-0.1, -0.05) is 48.5 Å².